The molecule has 0 saturated carbocycles. The van der Waals surface area contributed by atoms with Crippen LogP contribution in [0.4, 0.5) is 0 Å². The van der Waals surface area contributed by atoms with E-state index < -0.39 is 0 Å². The number of fused-ring (bicyclic) bond motifs is 5. The van der Waals surface area contributed by atoms with Crippen LogP contribution >= 0.6 is 11.8 Å². The van der Waals surface area contributed by atoms with Crippen LogP contribution in [-0.4, -0.2) is 4.98 Å². The monoisotopic (exact) mass is 505 g/mol. The van der Waals surface area contributed by atoms with Crippen LogP contribution in [0.1, 0.15) is 58.2 Å². The van der Waals surface area contributed by atoms with Crippen LogP contribution in [0.25, 0.3) is 43.6 Å². The highest BCUT2D eigenvalue weighted by atomic mass is 32.2. The summed E-state index contributed by atoms with van der Waals surface area (Å²) in [5, 5.41) is 8.16. The summed E-state index contributed by atoms with van der Waals surface area (Å²) < 4.78 is 2.35. The van der Waals surface area contributed by atoms with Gasteiger partial charge in [0.1, 0.15) is 7.05 Å². The zero-order valence-corrected chi connectivity index (χ0v) is 24.2. The summed E-state index contributed by atoms with van der Waals surface area (Å²) in [5.74, 6) is 0. The van der Waals surface area contributed by atoms with Crippen LogP contribution in [0, 0.1) is 17.8 Å². The minimum Gasteiger partial charge on any atom is -0.264 e. The number of rotatable bonds is 2. The SMILES string of the molecule is Cc1c2c(c(CC(C)(C)C)c3cnccc13)Sc1cc3cccc(CC(C)(C)C)c3c3cc[n+](C)c-2c13. The summed E-state index contributed by atoms with van der Waals surface area (Å²) in [4.78, 5) is 7.34. The van der Waals surface area contributed by atoms with Crippen LogP contribution < -0.4 is 4.57 Å². The van der Waals surface area contributed by atoms with E-state index in [1.165, 1.54) is 70.1 Å². The molecule has 188 valence electrons. The molecule has 6 rings (SSSR count). The molecule has 3 heterocycles. The predicted octanol–water partition coefficient (Wildman–Crippen LogP) is 8.98. The minimum absolute atomic E-state index is 0.173. The molecule has 37 heavy (non-hydrogen) atoms. The lowest BCUT2D eigenvalue weighted by molar-refractivity contribution is -0.659. The second-order valence-electron chi connectivity index (χ2n) is 13.3. The van der Waals surface area contributed by atoms with Gasteiger partial charge in [-0.3, -0.25) is 4.98 Å². The Morgan fingerprint density at radius 2 is 1.62 bits per heavy atom. The fraction of sp³-hybridized carbons (Fsp3) is 0.353. The predicted molar refractivity (Wildman–Crippen MR) is 159 cm³/mol. The van der Waals surface area contributed by atoms with Gasteiger partial charge in [-0.25, -0.2) is 4.57 Å². The Bertz CT molecular complexity index is 1730. The normalized spacial score (nSPS) is 13.5. The molecule has 5 aromatic rings. The maximum Gasteiger partial charge on any atom is 0.222 e. The molecule has 0 fully saturated rings. The lowest BCUT2D eigenvalue weighted by atomic mass is 9.82. The van der Waals surface area contributed by atoms with Crippen molar-refractivity contribution in [3.63, 3.8) is 0 Å². The van der Waals surface area contributed by atoms with Gasteiger partial charge in [-0.05, 0) is 75.6 Å². The van der Waals surface area contributed by atoms with Gasteiger partial charge in [0.2, 0.25) is 5.69 Å². The van der Waals surface area contributed by atoms with Crippen LogP contribution in [-0.2, 0) is 19.9 Å². The maximum atomic E-state index is 4.56. The van der Waals surface area contributed by atoms with E-state index in [-0.39, 0.29) is 10.8 Å². The number of pyridine rings is 2. The fourth-order valence-electron chi connectivity index (χ4n) is 6.24. The van der Waals surface area contributed by atoms with E-state index in [0.717, 1.165) is 12.8 Å². The van der Waals surface area contributed by atoms with Crippen molar-refractivity contribution in [2.45, 2.75) is 71.1 Å². The van der Waals surface area contributed by atoms with E-state index in [1.54, 1.807) is 0 Å². The smallest absolute Gasteiger partial charge is 0.222 e. The molecule has 2 nitrogen and oxygen atoms in total. The van der Waals surface area contributed by atoms with Gasteiger partial charge in [0.25, 0.3) is 0 Å². The molecule has 0 spiro atoms. The number of benzene rings is 3. The summed E-state index contributed by atoms with van der Waals surface area (Å²) in [6.45, 7) is 16.3. The average Bonchev–Trinajstić information content (AvgIpc) is 2.81. The van der Waals surface area contributed by atoms with Crippen molar-refractivity contribution in [2.24, 2.45) is 17.9 Å². The number of hydrogen-bond acceptors (Lipinski definition) is 2. The third kappa shape index (κ3) is 4.03. The first kappa shape index (κ1) is 24.4. The molecule has 0 radical (unpaired) electrons. The van der Waals surface area contributed by atoms with E-state index in [0.29, 0.717) is 0 Å². The Kier molecular flexibility index (Phi) is 5.48. The molecule has 0 atom stereocenters. The Balaban J connectivity index is 1.77. The van der Waals surface area contributed by atoms with Crippen molar-refractivity contribution in [1.82, 2.24) is 4.98 Å². The Morgan fingerprint density at radius 3 is 2.35 bits per heavy atom. The molecular weight excluding hydrogens is 468 g/mol. The highest BCUT2D eigenvalue weighted by Crippen LogP contribution is 2.53. The first-order valence-electron chi connectivity index (χ1n) is 13.4. The summed E-state index contributed by atoms with van der Waals surface area (Å²) in [7, 11) is 2.21. The molecule has 2 aromatic heterocycles. The van der Waals surface area contributed by atoms with Crippen molar-refractivity contribution in [1.29, 1.82) is 0 Å². The van der Waals surface area contributed by atoms with Crippen LogP contribution in [0.5, 0.6) is 0 Å². The largest absolute Gasteiger partial charge is 0.264 e. The van der Waals surface area contributed by atoms with Crippen molar-refractivity contribution < 1.29 is 4.57 Å². The maximum absolute atomic E-state index is 4.56. The molecular formula is C34H37N2S+. The van der Waals surface area contributed by atoms with Gasteiger partial charge in [0, 0.05) is 39.0 Å². The quantitative estimate of drug-likeness (QED) is 0.172. The zero-order valence-electron chi connectivity index (χ0n) is 23.4. The van der Waals surface area contributed by atoms with Gasteiger partial charge in [-0.15, -0.1) is 0 Å². The number of aromatic nitrogens is 2. The molecule has 3 aromatic carbocycles. The molecule has 1 aliphatic heterocycles. The van der Waals surface area contributed by atoms with Gasteiger partial charge in [-0.1, -0.05) is 71.5 Å². The van der Waals surface area contributed by atoms with E-state index in [9.17, 15) is 0 Å². The number of nitrogens with zero attached hydrogens (tertiary/aromatic N) is 2. The van der Waals surface area contributed by atoms with Gasteiger partial charge >= 0.3 is 0 Å². The van der Waals surface area contributed by atoms with Crippen LogP contribution in [0.2, 0.25) is 0 Å². The minimum atomic E-state index is 0.173. The molecule has 0 aliphatic carbocycles. The fourth-order valence-corrected chi connectivity index (χ4v) is 7.61. The van der Waals surface area contributed by atoms with E-state index in [2.05, 4.69) is 114 Å². The topological polar surface area (TPSA) is 16.8 Å². The Morgan fingerprint density at radius 1 is 0.865 bits per heavy atom. The standard InChI is InChI=1S/C34H37N2S/c1-20-23-12-14-35-19-26(23)25(18-34(5,6)7)32-28(20)31-30-24(13-15-36(31)8)29-21(16-27(30)37-32)10-9-11-22(29)17-33(2,3)4/h9-16,19H,17-18H2,1-8H3/q+1. The highest BCUT2D eigenvalue weighted by Gasteiger charge is 2.33. The molecule has 0 saturated heterocycles. The van der Waals surface area contributed by atoms with Gasteiger partial charge < -0.3 is 0 Å². The van der Waals surface area contributed by atoms with Crippen molar-refractivity contribution in [3.05, 3.63) is 71.7 Å². The summed E-state index contributed by atoms with van der Waals surface area (Å²) in [6, 6.07) is 13.9. The van der Waals surface area contributed by atoms with Gasteiger partial charge in [0.15, 0.2) is 6.20 Å². The third-order valence-electron chi connectivity index (χ3n) is 7.61. The van der Waals surface area contributed by atoms with Crippen molar-refractivity contribution in [2.75, 3.05) is 0 Å². The highest BCUT2D eigenvalue weighted by molar-refractivity contribution is 8.00. The van der Waals surface area contributed by atoms with Crippen LogP contribution in [0.3, 0.4) is 0 Å². The van der Waals surface area contributed by atoms with Gasteiger partial charge in [-0.2, -0.15) is 0 Å². The summed E-state index contributed by atoms with van der Waals surface area (Å²) >= 11 is 1.97. The molecule has 0 bridgehead atoms. The summed E-state index contributed by atoms with van der Waals surface area (Å²) in [5.41, 5.74) is 7.38. The molecule has 1 aliphatic rings. The zero-order chi connectivity index (χ0) is 26.3. The van der Waals surface area contributed by atoms with Gasteiger partial charge in [0.05, 0.1) is 10.9 Å². The van der Waals surface area contributed by atoms with E-state index in [4.69, 9.17) is 0 Å². The van der Waals surface area contributed by atoms with Crippen LogP contribution in [0.15, 0.2) is 64.8 Å². The molecule has 0 amide bonds. The first-order valence-corrected chi connectivity index (χ1v) is 14.2. The second-order valence-corrected chi connectivity index (χ2v) is 14.3. The Hall–Kier alpha value is -2.91. The molecule has 0 unspecified atom stereocenters. The van der Waals surface area contributed by atoms with E-state index in [1.807, 2.05) is 18.0 Å². The Labute approximate surface area is 225 Å². The number of aryl methyl sites for hydroxylation is 2. The van der Waals surface area contributed by atoms with Crippen molar-refractivity contribution in [3.8, 4) is 11.3 Å². The average molecular weight is 506 g/mol. The third-order valence-corrected chi connectivity index (χ3v) is 8.81. The molecule has 0 N–H and O–H groups in total. The van der Waals surface area contributed by atoms with Crippen molar-refractivity contribution >= 4 is 44.1 Å². The second kappa shape index (κ2) is 8.30. The molecule has 3 heteroatoms. The summed E-state index contributed by atoms with van der Waals surface area (Å²) in [6.07, 6.45) is 8.38. The number of hydrogen-bond donors (Lipinski definition) is 0. The lowest BCUT2D eigenvalue weighted by Crippen LogP contribution is -2.32. The van der Waals surface area contributed by atoms with E-state index >= 15 is 0 Å². The first-order chi connectivity index (χ1) is 17.4. The lowest BCUT2D eigenvalue weighted by Gasteiger charge is -2.28.